The van der Waals surface area contributed by atoms with Crippen LogP contribution in [0.5, 0.6) is 0 Å². The minimum atomic E-state index is -4.39. The summed E-state index contributed by atoms with van der Waals surface area (Å²) in [6, 6.07) is 11.1. The summed E-state index contributed by atoms with van der Waals surface area (Å²) in [6.07, 6.45) is -4.39. The first-order valence-corrected chi connectivity index (χ1v) is 15.1. The molecular weight excluding hydrogens is 459 g/mol. The molecule has 0 N–H and O–H groups in total. The molecule has 0 saturated heterocycles. The van der Waals surface area contributed by atoms with E-state index in [1.165, 1.54) is 35.6 Å². The van der Waals surface area contributed by atoms with E-state index < -0.39 is 28.9 Å². The largest absolute Gasteiger partial charge is 0.416 e. The van der Waals surface area contributed by atoms with Crippen LogP contribution in [0.4, 0.5) is 13.2 Å². The predicted octanol–water partition coefficient (Wildman–Crippen LogP) is 5.97. The first kappa shape index (κ1) is 22.0. The smallest absolute Gasteiger partial charge is 0.236 e. The molecule has 0 aliphatic heterocycles. The molecule has 1 heterocycles. The first-order valence-electron chi connectivity index (χ1n) is 8.51. The lowest BCUT2D eigenvalue weighted by atomic mass is 10.1. The Morgan fingerprint density at radius 2 is 1.45 bits per heavy atom. The maximum Gasteiger partial charge on any atom is 0.416 e. The molecule has 0 spiro atoms. The molecule has 0 saturated carbocycles. The minimum Gasteiger partial charge on any atom is -0.236 e. The van der Waals surface area contributed by atoms with Crippen molar-refractivity contribution in [1.82, 2.24) is 4.98 Å². The van der Waals surface area contributed by atoms with E-state index in [2.05, 4.69) is 19.6 Å². The third-order valence-corrected chi connectivity index (χ3v) is 10.2. The van der Waals surface area contributed by atoms with Gasteiger partial charge in [0.05, 0.1) is 24.2 Å². The zero-order valence-electron chi connectivity index (χ0n) is 15.7. The van der Waals surface area contributed by atoms with Gasteiger partial charge in [0.25, 0.3) is 9.05 Å². The topological polar surface area (TPSA) is 47.0 Å². The molecule has 0 amide bonds. The molecule has 0 radical (unpaired) electrons. The van der Waals surface area contributed by atoms with E-state index in [-0.39, 0.29) is 4.90 Å². The van der Waals surface area contributed by atoms with Crippen LogP contribution in [0.1, 0.15) is 5.56 Å². The highest BCUT2D eigenvalue weighted by atomic mass is 35.7. The van der Waals surface area contributed by atoms with Crippen molar-refractivity contribution in [2.45, 2.75) is 30.7 Å². The Morgan fingerprint density at radius 3 is 1.90 bits per heavy atom. The van der Waals surface area contributed by atoms with Crippen molar-refractivity contribution in [2.75, 3.05) is 0 Å². The normalized spacial score (nSPS) is 12.9. The van der Waals surface area contributed by atoms with E-state index in [1.54, 1.807) is 12.1 Å². The fourth-order valence-corrected chi connectivity index (χ4v) is 6.76. The molecule has 29 heavy (non-hydrogen) atoms. The van der Waals surface area contributed by atoms with Crippen LogP contribution in [0.25, 0.3) is 21.8 Å². The summed E-state index contributed by atoms with van der Waals surface area (Å²) in [7, 11) is -0.280. The molecule has 0 unspecified atom stereocenters. The van der Waals surface area contributed by atoms with Crippen molar-refractivity contribution in [2.24, 2.45) is 0 Å². The monoisotopic (exact) mass is 475 g/mol. The Kier molecular flexibility index (Phi) is 5.72. The summed E-state index contributed by atoms with van der Waals surface area (Å²) in [5.74, 6) is 0. The average Bonchev–Trinajstić information content (AvgIpc) is 3.06. The zero-order chi connectivity index (χ0) is 21.6. The standard InChI is InChI=1S/C19H17ClF3NO2S2Si/c1-29(2,3)18-16(12-6-10-15(11-7-12)28(20,25)26)24-17(27-18)13-4-8-14(9-5-13)19(21,22)23/h4-11H,1-3H3. The molecule has 0 fully saturated rings. The number of alkyl halides is 3. The number of halogens is 4. The number of benzene rings is 2. The quantitative estimate of drug-likeness (QED) is 0.345. The van der Waals surface area contributed by atoms with Crippen molar-refractivity contribution in [3.63, 3.8) is 0 Å². The fraction of sp³-hybridized carbons (Fsp3) is 0.211. The highest BCUT2D eigenvalue weighted by molar-refractivity contribution is 8.13. The van der Waals surface area contributed by atoms with E-state index in [4.69, 9.17) is 15.7 Å². The van der Waals surface area contributed by atoms with E-state index in [0.717, 1.165) is 27.9 Å². The molecule has 10 heteroatoms. The number of aromatic nitrogens is 1. The molecule has 1 aromatic heterocycles. The summed E-state index contributed by atoms with van der Waals surface area (Å²) in [6.45, 7) is 6.45. The number of hydrogen-bond donors (Lipinski definition) is 0. The van der Waals surface area contributed by atoms with Crippen molar-refractivity contribution >= 4 is 43.6 Å². The molecule has 3 rings (SSSR count). The van der Waals surface area contributed by atoms with Crippen LogP contribution in [-0.2, 0) is 15.2 Å². The Hall–Kier alpha value is -1.68. The van der Waals surface area contributed by atoms with Crippen LogP contribution in [0, 0.1) is 0 Å². The lowest BCUT2D eigenvalue weighted by Gasteiger charge is -2.15. The van der Waals surface area contributed by atoms with Crippen molar-refractivity contribution in [3.05, 3.63) is 54.1 Å². The Balaban J connectivity index is 2.08. The summed E-state index contributed by atoms with van der Waals surface area (Å²) in [5, 5.41) is 0.625. The third-order valence-electron chi connectivity index (χ3n) is 4.18. The van der Waals surface area contributed by atoms with Gasteiger partial charge in [-0.2, -0.15) is 13.2 Å². The molecule has 0 atom stereocenters. The molecule has 154 valence electrons. The molecule has 2 aromatic carbocycles. The summed E-state index contributed by atoms with van der Waals surface area (Å²) in [4.78, 5) is 4.69. The molecule has 3 nitrogen and oxygen atoms in total. The van der Waals surface area contributed by atoms with Crippen LogP contribution in [0.3, 0.4) is 0 Å². The second kappa shape index (κ2) is 7.53. The highest BCUT2D eigenvalue weighted by Gasteiger charge is 2.30. The average molecular weight is 476 g/mol. The van der Waals surface area contributed by atoms with Crippen LogP contribution in [-0.4, -0.2) is 21.5 Å². The van der Waals surface area contributed by atoms with E-state index in [9.17, 15) is 21.6 Å². The number of nitrogens with zero attached hydrogens (tertiary/aromatic N) is 1. The van der Waals surface area contributed by atoms with Gasteiger partial charge in [0.2, 0.25) is 0 Å². The fourth-order valence-electron chi connectivity index (χ4n) is 2.72. The van der Waals surface area contributed by atoms with Gasteiger partial charge in [-0.05, 0) is 24.3 Å². The Bertz CT molecular complexity index is 1130. The van der Waals surface area contributed by atoms with E-state index >= 15 is 0 Å². The van der Waals surface area contributed by atoms with E-state index in [1.807, 2.05) is 0 Å². The second-order valence-corrected chi connectivity index (χ2v) is 16.4. The third kappa shape index (κ3) is 4.91. The maximum atomic E-state index is 12.8. The Morgan fingerprint density at radius 1 is 0.931 bits per heavy atom. The summed E-state index contributed by atoms with van der Waals surface area (Å²) >= 11 is 1.46. The van der Waals surface area contributed by atoms with Gasteiger partial charge in [0.1, 0.15) is 5.01 Å². The van der Waals surface area contributed by atoms with Gasteiger partial charge in [-0.25, -0.2) is 13.4 Å². The lowest BCUT2D eigenvalue weighted by molar-refractivity contribution is -0.137. The van der Waals surface area contributed by atoms with Crippen LogP contribution in [0.2, 0.25) is 19.6 Å². The van der Waals surface area contributed by atoms with Gasteiger partial charge in [0, 0.05) is 26.3 Å². The second-order valence-electron chi connectivity index (χ2n) is 7.48. The molecule has 0 aliphatic rings. The van der Waals surface area contributed by atoms with Crippen LogP contribution in [0.15, 0.2) is 53.4 Å². The Labute approximate surface area is 176 Å². The summed E-state index contributed by atoms with van der Waals surface area (Å²) < 4.78 is 62.5. The first-order chi connectivity index (χ1) is 13.3. The van der Waals surface area contributed by atoms with Gasteiger partial charge < -0.3 is 0 Å². The van der Waals surface area contributed by atoms with Gasteiger partial charge in [-0.15, -0.1) is 11.3 Å². The number of hydrogen-bond acceptors (Lipinski definition) is 4. The molecular formula is C19H17ClF3NO2S2Si. The van der Waals surface area contributed by atoms with Gasteiger partial charge >= 0.3 is 6.18 Å². The maximum absolute atomic E-state index is 12.8. The van der Waals surface area contributed by atoms with Crippen molar-refractivity contribution < 1.29 is 21.6 Å². The molecule has 0 bridgehead atoms. The summed E-state index contributed by atoms with van der Waals surface area (Å²) in [5.41, 5.74) is 1.36. The van der Waals surface area contributed by atoms with E-state index in [0.29, 0.717) is 10.6 Å². The van der Waals surface area contributed by atoms with Gasteiger partial charge in [-0.3, -0.25) is 0 Å². The van der Waals surface area contributed by atoms with Crippen molar-refractivity contribution in [1.29, 1.82) is 0 Å². The number of rotatable bonds is 4. The SMILES string of the molecule is C[Si](C)(C)c1sc(-c2ccc(C(F)(F)F)cc2)nc1-c1ccc(S(=O)(=O)Cl)cc1. The zero-order valence-corrected chi connectivity index (χ0v) is 19.1. The number of thiazole rings is 1. The molecule has 0 aliphatic carbocycles. The van der Waals surface area contributed by atoms with Crippen LogP contribution >= 0.6 is 22.0 Å². The predicted molar refractivity (Wildman–Crippen MR) is 114 cm³/mol. The van der Waals surface area contributed by atoms with Crippen LogP contribution < -0.4 is 4.50 Å². The highest BCUT2D eigenvalue weighted by Crippen LogP contribution is 2.34. The van der Waals surface area contributed by atoms with Gasteiger partial charge in [-0.1, -0.05) is 43.9 Å². The van der Waals surface area contributed by atoms with Crippen molar-refractivity contribution in [3.8, 4) is 21.8 Å². The van der Waals surface area contributed by atoms with Gasteiger partial charge in [0.15, 0.2) is 0 Å². The lowest BCUT2D eigenvalue weighted by Crippen LogP contribution is -2.36. The minimum absolute atomic E-state index is 0.00402. The molecule has 3 aromatic rings.